The lowest BCUT2D eigenvalue weighted by Crippen LogP contribution is -2.36. The molecule has 2 N–H and O–H groups in total. The first kappa shape index (κ1) is 18.6. The van der Waals surface area contributed by atoms with Gasteiger partial charge in [-0.3, -0.25) is 4.57 Å². The van der Waals surface area contributed by atoms with E-state index in [1.807, 2.05) is 35.9 Å². The van der Waals surface area contributed by atoms with Crippen LogP contribution in [0, 0.1) is 0 Å². The van der Waals surface area contributed by atoms with Crippen LogP contribution in [0.3, 0.4) is 0 Å². The molecule has 0 aliphatic carbocycles. The van der Waals surface area contributed by atoms with Crippen LogP contribution in [0.1, 0.15) is 43.7 Å². The molecule has 0 bridgehead atoms. The summed E-state index contributed by atoms with van der Waals surface area (Å²) < 4.78 is 7.23. The highest BCUT2D eigenvalue weighted by atomic mass is 16.5. The lowest BCUT2D eigenvalue weighted by Gasteiger charge is -2.10. The Morgan fingerprint density at radius 1 is 1.26 bits per heavy atom. The number of guanidine groups is 1. The normalized spacial score (nSPS) is 11.8. The number of nitrogens with one attached hydrogen (secondary N) is 2. The van der Waals surface area contributed by atoms with E-state index in [0.717, 1.165) is 35.3 Å². The average Bonchev–Trinajstić information content (AvgIpc) is 3.36. The van der Waals surface area contributed by atoms with Crippen molar-refractivity contribution in [1.29, 1.82) is 0 Å². The zero-order valence-corrected chi connectivity index (χ0v) is 15.9. The van der Waals surface area contributed by atoms with Gasteiger partial charge < -0.3 is 15.2 Å². The van der Waals surface area contributed by atoms with Gasteiger partial charge in [0.2, 0.25) is 0 Å². The fourth-order valence-corrected chi connectivity index (χ4v) is 2.46. The van der Waals surface area contributed by atoms with Crippen molar-refractivity contribution in [3.8, 4) is 5.82 Å². The van der Waals surface area contributed by atoms with E-state index in [9.17, 15) is 0 Å². The maximum atomic E-state index is 5.36. The zero-order chi connectivity index (χ0) is 19.1. The summed E-state index contributed by atoms with van der Waals surface area (Å²) in [6, 6.07) is 5.93. The molecule has 0 spiro atoms. The molecule has 0 aliphatic heterocycles. The predicted octanol–water partition coefficient (Wildman–Crippen LogP) is 2.63. The molecule has 0 saturated carbocycles. The molecule has 27 heavy (non-hydrogen) atoms. The van der Waals surface area contributed by atoms with Crippen molar-refractivity contribution in [1.82, 2.24) is 30.3 Å². The van der Waals surface area contributed by atoms with Crippen LogP contribution in [0.4, 0.5) is 0 Å². The molecular weight excluding hydrogens is 342 g/mol. The van der Waals surface area contributed by atoms with Crippen LogP contribution < -0.4 is 10.6 Å². The Bertz CT molecular complexity index is 868. The predicted molar refractivity (Wildman–Crippen MR) is 104 cm³/mol. The second kappa shape index (κ2) is 8.98. The maximum Gasteiger partial charge on any atom is 0.191 e. The summed E-state index contributed by atoms with van der Waals surface area (Å²) in [5.41, 5.74) is 2.02. The Labute approximate surface area is 158 Å². The summed E-state index contributed by atoms with van der Waals surface area (Å²) >= 11 is 0. The van der Waals surface area contributed by atoms with Crippen molar-refractivity contribution in [3.63, 3.8) is 0 Å². The van der Waals surface area contributed by atoms with E-state index in [4.69, 9.17) is 4.52 Å². The molecule has 8 heteroatoms. The summed E-state index contributed by atoms with van der Waals surface area (Å²) in [6.07, 6.45) is 7.10. The molecule has 0 aliphatic rings. The van der Waals surface area contributed by atoms with Crippen LogP contribution in [-0.4, -0.2) is 32.2 Å². The summed E-state index contributed by atoms with van der Waals surface area (Å²) in [5.74, 6) is 2.68. The lowest BCUT2D eigenvalue weighted by molar-refractivity contribution is 0.372. The molecule has 0 saturated heterocycles. The van der Waals surface area contributed by atoms with Crippen molar-refractivity contribution in [2.75, 3.05) is 6.54 Å². The molecular formula is C19H25N7O. The molecule has 142 valence electrons. The zero-order valence-electron chi connectivity index (χ0n) is 15.9. The number of aliphatic imine (C=N–C) groups is 1. The third kappa shape index (κ3) is 5.16. The van der Waals surface area contributed by atoms with E-state index >= 15 is 0 Å². The molecule has 0 atom stereocenters. The quantitative estimate of drug-likeness (QED) is 0.493. The number of aromatic nitrogens is 4. The number of nitrogens with zero attached hydrogens (tertiary/aromatic N) is 5. The van der Waals surface area contributed by atoms with Gasteiger partial charge in [0, 0.05) is 31.2 Å². The van der Waals surface area contributed by atoms with Gasteiger partial charge in [-0.15, -0.1) is 0 Å². The highest BCUT2D eigenvalue weighted by Gasteiger charge is 2.08. The molecule has 3 rings (SSSR count). The Kier molecular flexibility index (Phi) is 6.19. The molecule has 3 aromatic rings. The summed E-state index contributed by atoms with van der Waals surface area (Å²) in [4.78, 5) is 13.1. The molecule has 3 aromatic heterocycles. The number of hydrogen-bond donors (Lipinski definition) is 2. The van der Waals surface area contributed by atoms with Crippen LogP contribution in [0.25, 0.3) is 5.82 Å². The highest BCUT2D eigenvalue weighted by Crippen LogP contribution is 2.13. The first-order chi connectivity index (χ1) is 13.2. The molecule has 0 amide bonds. The van der Waals surface area contributed by atoms with Gasteiger partial charge in [-0.25, -0.2) is 15.0 Å². The number of imidazole rings is 1. The van der Waals surface area contributed by atoms with Crippen molar-refractivity contribution in [2.24, 2.45) is 4.99 Å². The second-order valence-electron chi connectivity index (χ2n) is 6.41. The highest BCUT2D eigenvalue weighted by molar-refractivity contribution is 5.79. The molecule has 0 unspecified atom stereocenters. The molecule has 0 radical (unpaired) electrons. The largest absolute Gasteiger partial charge is 0.359 e. The maximum absolute atomic E-state index is 5.36. The van der Waals surface area contributed by atoms with Crippen LogP contribution in [-0.2, 0) is 13.1 Å². The van der Waals surface area contributed by atoms with Crippen molar-refractivity contribution in [3.05, 3.63) is 60.1 Å². The summed E-state index contributed by atoms with van der Waals surface area (Å²) in [5, 5.41) is 10.6. The van der Waals surface area contributed by atoms with E-state index < -0.39 is 0 Å². The molecule has 8 nitrogen and oxygen atoms in total. The van der Waals surface area contributed by atoms with E-state index in [2.05, 4.69) is 44.6 Å². The SMILES string of the molecule is CCNC(=NCc1ccnc(-n2ccnc2)c1)NCc1cc(C(C)C)no1. The Morgan fingerprint density at radius 3 is 2.85 bits per heavy atom. The first-order valence-electron chi connectivity index (χ1n) is 9.06. The van der Waals surface area contributed by atoms with Crippen molar-refractivity contribution < 1.29 is 4.52 Å². The van der Waals surface area contributed by atoms with Gasteiger partial charge in [-0.05, 0) is 30.5 Å². The van der Waals surface area contributed by atoms with Gasteiger partial charge in [-0.1, -0.05) is 19.0 Å². The third-order valence-electron chi connectivity index (χ3n) is 3.94. The smallest absolute Gasteiger partial charge is 0.191 e. The number of pyridine rings is 1. The molecule has 0 aromatic carbocycles. The number of rotatable bonds is 7. The second-order valence-corrected chi connectivity index (χ2v) is 6.41. The average molecular weight is 367 g/mol. The molecule has 0 fully saturated rings. The van der Waals surface area contributed by atoms with Crippen molar-refractivity contribution >= 4 is 5.96 Å². The van der Waals surface area contributed by atoms with Crippen LogP contribution >= 0.6 is 0 Å². The van der Waals surface area contributed by atoms with Gasteiger partial charge in [0.1, 0.15) is 12.1 Å². The van der Waals surface area contributed by atoms with Gasteiger partial charge in [-0.2, -0.15) is 0 Å². The van der Waals surface area contributed by atoms with Crippen LogP contribution in [0.15, 0.2) is 52.6 Å². The fourth-order valence-electron chi connectivity index (χ4n) is 2.46. The topological polar surface area (TPSA) is 93.2 Å². The Morgan fingerprint density at radius 2 is 2.15 bits per heavy atom. The van der Waals surface area contributed by atoms with Gasteiger partial charge in [0.05, 0.1) is 18.8 Å². The minimum absolute atomic E-state index is 0.348. The van der Waals surface area contributed by atoms with Gasteiger partial charge in [0.25, 0.3) is 0 Å². The minimum Gasteiger partial charge on any atom is -0.359 e. The lowest BCUT2D eigenvalue weighted by atomic mass is 10.1. The van der Waals surface area contributed by atoms with E-state index in [-0.39, 0.29) is 0 Å². The third-order valence-corrected chi connectivity index (χ3v) is 3.94. The monoisotopic (exact) mass is 367 g/mol. The van der Waals surface area contributed by atoms with Crippen molar-refractivity contribution in [2.45, 2.75) is 39.8 Å². The van der Waals surface area contributed by atoms with Crippen LogP contribution in [0.5, 0.6) is 0 Å². The first-order valence-corrected chi connectivity index (χ1v) is 9.06. The standard InChI is InChI=1S/C19H25N7O/c1-4-21-19(24-12-16-10-17(14(2)3)25-27-16)23-11-15-5-6-22-18(9-15)26-8-7-20-13-26/h5-10,13-14H,4,11-12H2,1-3H3,(H2,21,23,24). The van der Waals surface area contributed by atoms with E-state index in [1.54, 1.807) is 18.7 Å². The number of hydrogen-bond acceptors (Lipinski definition) is 5. The Balaban J connectivity index is 1.64. The summed E-state index contributed by atoms with van der Waals surface area (Å²) in [6.45, 7) is 8.05. The van der Waals surface area contributed by atoms with E-state index in [1.165, 1.54) is 0 Å². The Hall–Kier alpha value is -3.16. The van der Waals surface area contributed by atoms with Crippen LogP contribution in [0.2, 0.25) is 0 Å². The van der Waals surface area contributed by atoms with E-state index in [0.29, 0.717) is 19.0 Å². The van der Waals surface area contributed by atoms with Gasteiger partial charge in [0.15, 0.2) is 11.7 Å². The molecule has 3 heterocycles. The van der Waals surface area contributed by atoms with Gasteiger partial charge >= 0.3 is 0 Å². The fraction of sp³-hybridized carbons (Fsp3) is 0.368. The minimum atomic E-state index is 0.348. The summed E-state index contributed by atoms with van der Waals surface area (Å²) in [7, 11) is 0.